The summed E-state index contributed by atoms with van der Waals surface area (Å²) in [6.45, 7) is 0.916. The van der Waals surface area contributed by atoms with Crippen LogP contribution in [0.25, 0.3) is 11.4 Å². The summed E-state index contributed by atoms with van der Waals surface area (Å²) >= 11 is 6.13. The van der Waals surface area contributed by atoms with Crippen LogP contribution in [0.5, 0.6) is 5.75 Å². The summed E-state index contributed by atoms with van der Waals surface area (Å²) in [4.78, 5) is 65.2. The molecule has 0 radical (unpaired) electrons. The van der Waals surface area contributed by atoms with E-state index in [4.69, 9.17) is 16.6 Å². The van der Waals surface area contributed by atoms with E-state index in [1.807, 2.05) is 6.08 Å². The van der Waals surface area contributed by atoms with Gasteiger partial charge in [-0.15, -0.1) is 5.10 Å². The number of carbonyl (C=O) groups excluding carboxylic acids is 3. The number of fused-ring (bicyclic) bond motifs is 3. The molecule has 1 aromatic carbocycles. The molecule has 5 heterocycles. The second-order valence-electron chi connectivity index (χ2n) is 13.0. The second kappa shape index (κ2) is 13.3. The van der Waals surface area contributed by atoms with Crippen LogP contribution in [-0.4, -0.2) is 90.1 Å². The fourth-order valence-corrected chi connectivity index (χ4v) is 7.60. The number of benzene rings is 1. The third kappa shape index (κ3) is 6.22. The van der Waals surface area contributed by atoms with E-state index in [0.29, 0.717) is 56.5 Å². The van der Waals surface area contributed by atoms with Crippen molar-refractivity contribution in [3.05, 3.63) is 86.3 Å². The number of pyridine rings is 1. The Morgan fingerprint density at radius 3 is 2.48 bits per heavy atom. The number of amides is 4. The molecule has 3 aromatic heterocycles. The van der Waals surface area contributed by atoms with Crippen molar-refractivity contribution in [3.8, 4) is 5.75 Å². The number of nitrogens with one attached hydrogen (secondary N) is 2. The maximum atomic E-state index is 14.4. The number of carbonyl (C=O) groups is 3. The maximum absolute atomic E-state index is 14.4. The van der Waals surface area contributed by atoms with Crippen LogP contribution in [-0.2, 0) is 29.4 Å². The van der Waals surface area contributed by atoms with Crippen molar-refractivity contribution in [2.45, 2.75) is 50.2 Å². The number of hydrogen-bond donors (Lipinski definition) is 3. The molecule has 1 fully saturated rings. The number of hydrogen-bond acceptors (Lipinski definition) is 8. The highest BCUT2D eigenvalue weighted by molar-refractivity contribution is 6.33. The van der Waals surface area contributed by atoms with Crippen molar-refractivity contribution in [3.63, 3.8) is 0 Å². The molecule has 0 unspecified atom stereocenters. The molecule has 3 aliphatic rings. The Morgan fingerprint density at radius 2 is 1.83 bits per heavy atom. The molecule has 3 N–H and O–H groups in total. The normalized spacial score (nSPS) is 16.9. The topological polar surface area (TPSA) is 167 Å². The molecule has 18 heteroatoms. The summed E-state index contributed by atoms with van der Waals surface area (Å²) in [5, 5.41) is 19.7. The lowest BCUT2D eigenvalue weighted by Gasteiger charge is -2.39. The molecule has 52 heavy (non-hydrogen) atoms. The molecule has 1 aliphatic carbocycles. The van der Waals surface area contributed by atoms with E-state index in [9.17, 15) is 37.5 Å². The van der Waals surface area contributed by atoms with E-state index in [1.165, 1.54) is 22.8 Å². The minimum Gasteiger partial charge on any atom is -0.505 e. The summed E-state index contributed by atoms with van der Waals surface area (Å²) in [6, 6.07) is 5.31. The molecule has 1 saturated heterocycles. The number of halogens is 4. The predicted molar refractivity (Wildman–Crippen MR) is 182 cm³/mol. The summed E-state index contributed by atoms with van der Waals surface area (Å²) in [7, 11) is 1.54. The zero-order chi connectivity index (χ0) is 36.9. The molecular formula is C34H33ClF3N9O5. The summed E-state index contributed by atoms with van der Waals surface area (Å²) in [5.74, 6) is -0.890. The van der Waals surface area contributed by atoms with Gasteiger partial charge in [-0.25, -0.2) is 9.78 Å². The van der Waals surface area contributed by atoms with E-state index >= 15 is 0 Å². The van der Waals surface area contributed by atoms with Crippen LogP contribution in [0.15, 0.2) is 47.4 Å². The molecule has 7 rings (SSSR count). The monoisotopic (exact) mass is 739 g/mol. The SMILES string of the molecule is CNC(=O)N1CC=C(c2nc3n(CC(=O)Nc4ccc(C(F)(F)F)cc4Cl)c4c(c(=O)n3n2)C2(CC4)CCN(C(=O)c3ncccc3O)CC2)CC1. The standard InChI is InChI=1S/C34H33ClF3N9O5/c1-39-32(52)45-13-7-19(8-14-45)28-42-31-46(18-25(49)41-22-5-4-20(17-21(22)35)34(36,37)38)23-6-9-33(26(23)29(50)47(31)43-28)10-15-44(16-11-33)30(51)27-24(48)3-2-12-40-27/h2-5,7,12,17,48H,6,8-11,13-16,18H2,1H3,(H,39,52)(H,41,49). The van der Waals surface area contributed by atoms with Gasteiger partial charge in [-0.3, -0.25) is 14.4 Å². The van der Waals surface area contributed by atoms with Crippen molar-refractivity contribution in [1.82, 2.24) is 39.3 Å². The molecule has 14 nitrogen and oxygen atoms in total. The van der Waals surface area contributed by atoms with E-state index < -0.39 is 34.5 Å². The highest BCUT2D eigenvalue weighted by Crippen LogP contribution is 2.45. The lowest BCUT2D eigenvalue weighted by Crippen LogP contribution is -2.46. The fourth-order valence-electron chi connectivity index (χ4n) is 7.37. The first-order valence-electron chi connectivity index (χ1n) is 16.6. The third-order valence-corrected chi connectivity index (χ3v) is 10.4. The number of rotatable bonds is 5. The van der Waals surface area contributed by atoms with Crippen LogP contribution < -0.4 is 16.2 Å². The van der Waals surface area contributed by atoms with Crippen molar-refractivity contribution >= 4 is 46.5 Å². The quantitative estimate of drug-likeness (QED) is 0.278. The molecular weight excluding hydrogens is 707 g/mol. The van der Waals surface area contributed by atoms with Gasteiger partial charge in [-0.2, -0.15) is 22.7 Å². The first kappa shape index (κ1) is 35.0. The maximum Gasteiger partial charge on any atom is 0.416 e. The van der Waals surface area contributed by atoms with Gasteiger partial charge in [0.2, 0.25) is 11.7 Å². The van der Waals surface area contributed by atoms with Gasteiger partial charge in [-0.1, -0.05) is 17.7 Å². The summed E-state index contributed by atoms with van der Waals surface area (Å²) in [5.41, 5.74) is -0.317. The minimum atomic E-state index is -4.62. The van der Waals surface area contributed by atoms with E-state index in [-0.39, 0.29) is 59.4 Å². The smallest absolute Gasteiger partial charge is 0.416 e. The Labute approximate surface area is 298 Å². The molecule has 1 spiro atoms. The number of urea groups is 1. The largest absolute Gasteiger partial charge is 0.505 e. The van der Waals surface area contributed by atoms with E-state index in [1.54, 1.807) is 21.4 Å². The van der Waals surface area contributed by atoms with Gasteiger partial charge in [0.25, 0.3) is 11.5 Å². The average Bonchev–Trinajstić information content (AvgIpc) is 3.74. The number of anilines is 1. The third-order valence-electron chi connectivity index (χ3n) is 10.1. The molecule has 0 atom stereocenters. The van der Waals surface area contributed by atoms with Crippen LogP contribution in [0.2, 0.25) is 5.02 Å². The predicted octanol–water partition coefficient (Wildman–Crippen LogP) is 3.85. The number of likely N-dealkylation sites (tertiary alicyclic amines) is 1. The highest BCUT2D eigenvalue weighted by atomic mass is 35.5. The summed E-state index contributed by atoms with van der Waals surface area (Å²) < 4.78 is 42.5. The number of alkyl halides is 3. The van der Waals surface area contributed by atoms with Crippen LogP contribution in [0.4, 0.5) is 23.7 Å². The molecule has 0 bridgehead atoms. The lowest BCUT2D eigenvalue weighted by molar-refractivity contribution is -0.137. The molecule has 2 aliphatic heterocycles. The van der Waals surface area contributed by atoms with Crippen molar-refractivity contribution < 1.29 is 32.7 Å². The minimum absolute atomic E-state index is 0.0176. The van der Waals surface area contributed by atoms with Crippen molar-refractivity contribution in [2.24, 2.45) is 0 Å². The highest BCUT2D eigenvalue weighted by Gasteiger charge is 2.46. The molecule has 4 amide bonds. The van der Waals surface area contributed by atoms with Crippen LogP contribution in [0.1, 0.15) is 58.8 Å². The first-order chi connectivity index (χ1) is 24.8. The summed E-state index contributed by atoms with van der Waals surface area (Å²) in [6.07, 6.45) is 0.860. The van der Waals surface area contributed by atoms with E-state index in [2.05, 4.69) is 20.7 Å². The van der Waals surface area contributed by atoms with E-state index in [0.717, 1.165) is 23.8 Å². The fraction of sp³-hybridized carbons (Fsp3) is 0.382. The number of aromatic hydroxyl groups is 1. The van der Waals surface area contributed by atoms with Gasteiger partial charge in [0.05, 0.1) is 16.3 Å². The van der Waals surface area contributed by atoms with Crippen LogP contribution in [0, 0.1) is 0 Å². The van der Waals surface area contributed by atoms with Gasteiger partial charge in [0.1, 0.15) is 12.3 Å². The Balaban J connectivity index is 1.24. The first-order valence-corrected chi connectivity index (χ1v) is 17.0. The Morgan fingerprint density at radius 1 is 1.06 bits per heavy atom. The zero-order valence-electron chi connectivity index (χ0n) is 27.8. The molecule has 4 aromatic rings. The van der Waals surface area contributed by atoms with Crippen molar-refractivity contribution in [2.75, 3.05) is 38.5 Å². The number of aromatic nitrogens is 5. The number of nitrogens with zero attached hydrogens (tertiary/aromatic N) is 7. The Kier molecular flexibility index (Phi) is 8.92. The van der Waals surface area contributed by atoms with Gasteiger partial charge < -0.3 is 30.1 Å². The lowest BCUT2D eigenvalue weighted by atomic mass is 9.74. The van der Waals surface area contributed by atoms with Crippen molar-refractivity contribution in [1.29, 1.82) is 0 Å². The van der Waals surface area contributed by atoms with Crippen LogP contribution >= 0.6 is 11.6 Å². The second-order valence-corrected chi connectivity index (χ2v) is 13.4. The van der Waals surface area contributed by atoms with Gasteiger partial charge in [-0.05, 0) is 68.0 Å². The Bertz CT molecular complexity index is 2210. The average molecular weight is 740 g/mol. The molecule has 0 saturated carbocycles. The molecule has 272 valence electrons. The zero-order valence-corrected chi connectivity index (χ0v) is 28.6. The Hall–Kier alpha value is -5.45. The van der Waals surface area contributed by atoms with Gasteiger partial charge in [0.15, 0.2) is 11.5 Å². The number of piperidine rings is 1. The van der Waals surface area contributed by atoms with Gasteiger partial charge >= 0.3 is 12.2 Å². The van der Waals surface area contributed by atoms with Gasteiger partial charge in [0, 0.05) is 56.1 Å². The van der Waals surface area contributed by atoms with Crippen LogP contribution in [0.3, 0.4) is 0 Å².